The maximum atomic E-state index is 6.22. The summed E-state index contributed by atoms with van der Waals surface area (Å²) in [7, 11) is 0. The third-order valence-electron chi connectivity index (χ3n) is 7.53. The van der Waals surface area contributed by atoms with E-state index in [-0.39, 0.29) is 0 Å². The van der Waals surface area contributed by atoms with Gasteiger partial charge in [-0.3, -0.25) is 0 Å². The maximum Gasteiger partial charge on any atom is 0.136 e. The maximum absolute atomic E-state index is 6.22. The molecule has 2 nitrogen and oxygen atoms in total. The predicted molar refractivity (Wildman–Crippen MR) is 165 cm³/mol. The second-order valence-electron chi connectivity index (χ2n) is 9.92. The van der Waals surface area contributed by atoms with Crippen LogP contribution in [0.2, 0.25) is 0 Å². The molecule has 0 saturated carbocycles. The average Bonchev–Trinajstić information content (AvgIpc) is 3.54. The Hall–Kier alpha value is -4.60. The molecule has 8 aromatic rings. The van der Waals surface area contributed by atoms with E-state index in [1.165, 1.54) is 0 Å². The highest BCUT2D eigenvalue weighted by atomic mass is 79.9. The van der Waals surface area contributed by atoms with Gasteiger partial charge in [0, 0.05) is 26.0 Å². The Morgan fingerprint density at radius 1 is 0.333 bits per heavy atom. The van der Waals surface area contributed by atoms with Crippen LogP contribution in [0.25, 0.3) is 77.3 Å². The van der Waals surface area contributed by atoms with Gasteiger partial charge in [0.1, 0.15) is 22.3 Å². The first-order valence-electron chi connectivity index (χ1n) is 12.9. The third-order valence-corrected chi connectivity index (χ3v) is 8.06. The summed E-state index contributed by atoms with van der Waals surface area (Å²) >= 11 is 3.57. The van der Waals surface area contributed by atoms with Crippen molar-refractivity contribution in [2.45, 2.75) is 0 Å². The zero-order valence-corrected chi connectivity index (χ0v) is 22.4. The van der Waals surface area contributed by atoms with E-state index < -0.39 is 0 Å². The fourth-order valence-electron chi connectivity index (χ4n) is 5.58. The monoisotopic (exact) mass is 564 g/mol. The highest BCUT2D eigenvalue weighted by Gasteiger charge is 2.13. The van der Waals surface area contributed by atoms with Crippen molar-refractivity contribution in [3.8, 4) is 33.4 Å². The Bertz CT molecular complexity index is 2050. The molecule has 39 heavy (non-hydrogen) atoms. The Morgan fingerprint density at radius 2 is 0.744 bits per heavy atom. The van der Waals surface area contributed by atoms with E-state index in [1.54, 1.807) is 0 Å². The minimum absolute atomic E-state index is 0.896. The summed E-state index contributed by atoms with van der Waals surface area (Å²) in [6.45, 7) is 0. The standard InChI is InChI=1S/C36H21BrO2/c37-28-13-9-22(10-14-28)25-17-26(23-11-15-31-29-5-1-3-7-33(29)38-35(31)20-23)19-27(18-25)24-12-16-32-30-6-2-4-8-34(30)39-36(32)21-24/h1-21H. The van der Waals surface area contributed by atoms with Crippen LogP contribution in [-0.2, 0) is 0 Å². The smallest absolute Gasteiger partial charge is 0.136 e. The van der Waals surface area contributed by atoms with Gasteiger partial charge in [0.2, 0.25) is 0 Å². The minimum atomic E-state index is 0.896. The molecule has 2 aromatic heterocycles. The van der Waals surface area contributed by atoms with Gasteiger partial charge in [0.15, 0.2) is 0 Å². The Morgan fingerprint density at radius 3 is 1.26 bits per heavy atom. The largest absolute Gasteiger partial charge is 0.456 e. The lowest BCUT2D eigenvalue weighted by molar-refractivity contribution is 0.668. The first-order chi connectivity index (χ1) is 19.2. The van der Waals surface area contributed by atoms with Gasteiger partial charge >= 0.3 is 0 Å². The first-order valence-corrected chi connectivity index (χ1v) is 13.7. The van der Waals surface area contributed by atoms with Crippen molar-refractivity contribution in [1.29, 1.82) is 0 Å². The highest BCUT2D eigenvalue weighted by molar-refractivity contribution is 9.10. The Labute approximate surface area is 233 Å². The molecule has 0 atom stereocenters. The van der Waals surface area contributed by atoms with Crippen molar-refractivity contribution in [2.75, 3.05) is 0 Å². The van der Waals surface area contributed by atoms with Crippen LogP contribution in [0.4, 0.5) is 0 Å². The summed E-state index contributed by atoms with van der Waals surface area (Å²) in [5, 5.41) is 4.55. The zero-order valence-electron chi connectivity index (χ0n) is 20.8. The summed E-state index contributed by atoms with van der Waals surface area (Å²) in [4.78, 5) is 0. The molecule has 8 rings (SSSR count). The van der Waals surface area contributed by atoms with Crippen molar-refractivity contribution in [1.82, 2.24) is 0 Å². The molecule has 0 aliphatic rings. The lowest BCUT2D eigenvalue weighted by atomic mass is 9.92. The van der Waals surface area contributed by atoms with Crippen molar-refractivity contribution >= 4 is 59.8 Å². The molecule has 6 aromatic carbocycles. The minimum Gasteiger partial charge on any atom is -0.456 e. The summed E-state index contributed by atoms with van der Waals surface area (Å²) in [5.74, 6) is 0. The fraction of sp³-hybridized carbons (Fsp3) is 0. The SMILES string of the molecule is Brc1ccc(-c2cc(-c3ccc4c(c3)oc3ccccc34)cc(-c3ccc4c(c3)oc3ccccc34)c2)cc1. The zero-order chi connectivity index (χ0) is 25.9. The van der Waals surface area contributed by atoms with Crippen LogP contribution >= 0.6 is 15.9 Å². The molecule has 0 bridgehead atoms. The van der Waals surface area contributed by atoms with Gasteiger partial charge < -0.3 is 8.83 Å². The van der Waals surface area contributed by atoms with Crippen LogP contribution in [0.15, 0.2) is 141 Å². The van der Waals surface area contributed by atoms with Crippen LogP contribution in [0, 0.1) is 0 Å². The predicted octanol–water partition coefficient (Wildman–Crippen LogP) is 11.2. The number of benzene rings is 6. The summed E-state index contributed by atoms with van der Waals surface area (Å²) in [6.07, 6.45) is 0. The van der Waals surface area contributed by atoms with Crippen molar-refractivity contribution < 1.29 is 8.83 Å². The Balaban J connectivity index is 1.32. The van der Waals surface area contributed by atoms with Crippen LogP contribution in [-0.4, -0.2) is 0 Å². The van der Waals surface area contributed by atoms with E-state index in [0.29, 0.717) is 0 Å². The van der Waals surface area contributed by atoms with Gasteiger partial charge in [-0.2, -0.15) is 0 Å². The number of hydrogen-bond donors (Lipinski definition) is 0. The van der Waals surface area contributed by atoms with Crippen LogP contribution in [0.1, 0.15) is 0 Å². The molecule has 0 unspecified atom stereocenters. The molecule has 0 aliphatic carbocycles. The molecule has 3 heteroatoms. The summed E-state index contributed by atoms with van der Waals surface area (Å²) in [6, 6.07) is 44.7. The van der Waals surface area contributed by atoms with E-state index in [1.807, 2.05) is 24.3 Å². The molecule has 0 spiro atoms. The number of halogens is 1. The van der Waals surface area contributed by atoms with Gasteiger partial charge in [-0.15, -0.1) is 0 Å². The van der Waals surface area contributed by atoms with E-state index in [9.17, 15) is 0 Å². The van der Waals surface area contributed by atoms with E-state index in [4.69, 9.17) is 8.83 Å². The number of hydrogen-bond acceptors (Lipinski definition) is 2. The van der Waals surface area contributed by atoms with Gasteiger partial charge in [-0.25, -0.2) is 0 Å². The van der Waals surface area contributed by atoms with Gasteiger partial charge in [-0.1, -0.05) is 76.6 Å². The lowest BCUT2D eigenvalue weighted by Gasteiger charge is -2.12. The molecule has 2 heterocycles. The van der Waals surface area contributed by atoms with Gasteiger partial charge in [0.25, 0.3) is 0 Å². The van der Waals surface area contributed by atoms with Crippen molar-refractivity contribution in [3.05, 3.63) is 132 Å². The summed E-state index contributed by atoms with van der Waals surface area (Å²) in [5.41, 5.74) is 10.4. The normalized spacial score (nSPS) is 11.7. The van der Waals surface area contributed by atoms with Gasteiger partial charge in [0.05, 0.1) is 0 Å². The Kier molecular flexibility index (Phi) is 5.01. The molecule has 184 valence electrons. The molecule has 0 aliphatic heterocycles. The number of rotatable bonds is 3. The molecular weight excluding hydrogens is 544 g/mol. The van der Waals surface area contributed by atoms with E-state index >= 15 is 0 Å². The van der Waals surface area contributed by atoms with Gasteiger partial charge in [-0.05, 0) is 100 Å². The molecule has 0 saturated heterocycles. The lowest BCUT2D eigenvalue weighted by Crippen LogP contribution is -1.86. The molecule has 0 N–H and O–H groups in total. The number of furan rings is 2. The van der Waals surface area contributed by atoms with Crippen molar-refractivity contribution in [3.63, 3.8) is 0 Å². The van der Waals surface area contributed by atoms with E-state index in [0.717, 1.165) is 81.7 Å². The molecular formula is C36H21BrO2. The van der Waals surface area contributed by atoms with E-state index in [2.05, 4.69) is 119 Å². The molecule has 0 radical (unpaired) electrons. The summed E-state index contributed by atoms with van der Waals surface area (Å²) < 4.78 is 13.5. The number of fused-ring (bicyclic) bond motifs is 6. The van der Waals surface area contributed by atoms with Crippen molar-refractivity contribution in [2.24, 2.45) is 0 Å². The van der Waals surface area contributed by atoms with Crippen LogP contribution in [0.5, 0.6) is 0 Å². The topological polar surface area (TPSA) is 26.3 Å². The average molecular weight is 565 g/mol. The highest BCUT2D eigenvalue weighted by Crippen LogP contribution is 2.38. The molecule has 0 amide bonds. The second-order valence-corrected chi connectivity index (χ2v) is 10.8. The number of para-hydroxylation sites is 2. The third kappa shape index (κ3) is 3.77. The fourth-order valence-corrected chi connectivity index (χ4v) is 5.85. The van der Waals surface area contributed by atoms with Crippen LogP contribution < -0.4 is 0 Å². The second kappa shape index (κ2) is 8.72. The van der Waals surface area contributed by atoms with Crippen LogP contribution in [0.3, 0.4) is 0 Å². The quantitative estimate of drug-likeness (QED) is 0.213. The molecule has 0 fully saturated rings. The first kappa shape index (κ1) is 22.4.